The lowest BCUT2D eigenvalue weighted by molar-refractivity contribution is 0.0701. The highest BCUT2D eigenvalue weighted by Crippen LogP contribution is 2.30. The molecule has 0 bridgehead atoms. The largest absolute Gasteiger partial charge is 0.490 e. The van der Waals surface area contributed by atoms with Crippen LogP contribution in [-0.4, -0.2) is 29.3 Å². The molecule has 1 heterocycles. The molecule has 0 radical (unpaired) electrons. The van der Waals surface area contributed by atoms with Crippen molar-refractivity contribution in [2.75, 3.05) is 13.2 Å². The van der Waals surface area contributed by atoms with Crippen molar-refractivity contribution in [1.82, 2.24) is 4.98 Å². The molecule has 5 nitrogen and oxygen atoms in total. The van der Waals surface area contributed by atoms with E-state index in [9.17, 15) is 9.90 Å². The van der Waals surface area contributed by atoms with Crippen LogP contribution in [0.15, 0.2) is 42.5 Å². The molecule has 0 unspecified atom stereocenters. The van der Waals surface area contributed by atoms with Crippen LogP contribution in [0, 0.1) is 13.8 Å². The van der Waals surface area contributed by atoms with Gasteiger partial charge < -0.3 is 14.6 Å². The van der Waals surface area contributed by atoms with Crippen LogP contribution in [0.2, 0.25) is 0 Å². The van der Waals surface area contributed by atoms with E-state index in [0.717, 1.165) is 11.3 Å². The summed E-state index contributed by atoms with van der Waals surface area (Å²) >= 11 is 1.19. The quantitative estimate of drug-likeness (QED) is 0.533. The molecule has 146 valence electrons. The highest BCUT2D eigenvalue weighted by Gasteiger charge is 2.17. The summed E-state index contributed by atoms with van der Waals surface area (Å²) in [7, 11) is 0. The maximum absolute atomic E-state index is 11.4. The lowest BCUT2D eigenvalue weighted by Crippen LogP contribution is -2.09. The van der Waals surface area contributed by atoms with Gasteiger partial charge in [-0.3, -0.25) is 0 Å². The van der Waals surface area contributed by atoms with Gasteiger partial charge in [0.1, 0.15) is 34.6 Å². The molecule has 0 aliphatic heterocycles. The molecule has 0 saturated heterocycles. The average Bonchev–Trinajstić information content (AvgIpc) is 3.13. The van der Waals surface area contributed by atoms with Crippen LogP contribution in [0.4, 0.5) is 0 Å². The summed E-state index contributed by atoms with van der Waals surface area (Å²) in [4.78, 5) is 16.1. The summed E-state index contributed by atoms with van der Waals surface area (Å²) in [5.41, 5.74) is 3.89. The normalized spacial score (nSPS) is 10.7. The number of carboxylic acid groups (broad SMARTS) is 1. The lowest BCUT2D eigenvalue weighted by Gasteiger charge is -2.10. The van der Waals surface area contributed by atoms with Gasteiger partial charge in [0.25, 0.3) is 0 Å². The Kier molecular flexibility index (Phi) is 6.31. The molecule has 0 aliphatic carbocycles. The Balaban J connectivity index is 1.62. The number of hydrogen-bond donors (Lipinski definition) is 1. The molecule has 28 heavy (non-hydrogen) atoms. The van der Waals surface area contributed by atoms with Crippen LogP contribution in [-0.2, 0) is 6.42 Å². The van der Waals surface area contributed by atoms with Gasteiger partial charge in [-0.05, 0) is 55.7 Å². The number of benzene rings is 2. The third-order valence-electron chi connectivity index (χ3n) is 4.41. The first kappa shape index (κ1) is 19.9. The van der Waals surface area contributed by atoms with Gasteiger partial charge in [0, 0.05) is 5.56 Å². The molecule has 1 aromatic heterocycles. The van der Waals surface area contributed by atoms with E-state index in [1.165, 1.54) is 22.5 Å². The molecule has 0 saturated carbocycles. The highest BCUT2D eigenvalue weighted by atomic mass is 32.1. The third kappa shape index (κ3) is 4.70. The van der Waals surface area contributed by atoms with Crippen molar-refractivity contribution >= 4 is 17.3 Å². The van der Waals surface area contributed by atoms with Crippen molar-refractivity contribution in [3.05, 3.63) is 64.2 Å². The van der Waals surface area contributed by atoms with E-state index >= 15 is 0 Å². The first-order valence-corrected chi connectivity index (χ1v) is 9.96. The van der Waals surface area contributed by atoms with Crippen LogP contribution in [0.3, 0.4) is 0 Å². The van der Waals surface area contributed by atoms with Crippen molar-refractivity contribution < 1.29 is 19.4 Å². The Bertz CT molecular complexity index is 980. The molecule has 0 fully saturated rings. The number of carbonyl (C=O) groups is 1. The fourth-order valence-corrected chi connectivity index (χ4v) is 3.71. The van der Waals surface area contributed by atoms with E-state index < -0.39 is 5.97 Å². The number of hydrogen-bond acceptors (Lipinski definition) is 5. The number of rotatable bonds is 8. The summed E-state index contributed by atoms with van der Waals surface area (Å²) in [6, 6.07) is 13.5. The minimum atomic E-state index is -0.934. The van der Waals surface area contributed by atoms with Crippen molar-refractivity contribution in [3.63, 3.8) is 0 Å². The zero-order valence-electron chi connectivity index (χ0n) is 16.2. The van der Waals surface area contributed by atoms with Gasteiger partial charge in [-0.1, -0.05) is 25.1 Å². The first-order valence-electron chi connectivity index (χ1n) is 9.14. The number of aryl methyl sites for hydroxylation is 3. The monoisotopic (exact) mass is 397 g/mol. The van der Waals surface area contributed by atoms with E-state index in [-0.39, 0.29) is 0 Å². The molecule has 0 aliphatic rings. The maximum atomic E-state index is 11.4. The molecule has 0 spiro atoms. The second-order valence-electron chi connectivity index (χ2n) is 6.42. The SMILES string of the molecule is CCc1nc(-c2cccc(OCCOc3ccc(C)c(C)c3)c2)sc1C(=O)O. The molecular weight excluding hydrogens is 374 g/mol. The molecule has 3 rings (SSSR count). The Hall–Kier alpha value is -2.86. The second-order valence-corrected chi connectivity index (χ2v) is 7.42. The first-order chi connectivity index (χ1) is 13.5. The van der Waals surface area contributed by atoms with Crippen molar-refractivity contribution in [1.29, 1.82) is 0 Å². The van der Waals surface area contributed by atoms with E-state index in [1.807, 2.05) is 49.4 Å². The Morgan fingerprint density at radius 2 is 1.75 bits per heavy atom. The summed E-state index contributed by atoms with van der Waals surface area (Å²) in [5, 5.41) is 10.00. The predicted octanol–water partition coefficient (Wildman–Crippen LogP) is 5.15. The van der Waals surface area contributed by atoms with Crippen LogP contribution < -0.4 is 9.47 Å². The Morgan fingerprint density at radius 3 is 2.36 bits per heavy atom. The fourth-order valence-electron chi connectivity index (χ4n) is 2.72. The topological polar surface area (TPSA) is 68.7 Å². The van der Waals surface area contributed by atoms with E-state index in [0.29, 0.717) is 41.0 Å². The van der Waals surface area contributed by atoms with Crippen LogP contribution in [0.5, 0.6) is 11.5 Å². The standard InChI is InChI=1S/C22H23NO4S/c1-4-19-20(22(24)25)28-21(23-19)16-6-5-7-17(13-16)26-10-11-27-18-9-8-14(2)15(3)12-18/h5-9,12-13H,4,10-11H2,1-3H3,(H,24,25). The highest BCUT2D eigenvalue weighted by molar-refractivity contribution is 7.17. The number of nitrogens with zero attached hydrogens (tertiary/aromatic N) is 1. The number of aromatic carboxylic acids is 1. The zero-order valence-corrected chi connectivity index (χ0v) is 17.0. The van der Waals surface area contributed by atoms with Crippen LogP contribution in [0.1, 0.15) is 33.4 Å². The molecule has 0 amide bonds. The van der Waals surface area contributed by atoms with Gasteiger partial charge >= 0.3 is 5.97 Å². The molecule has 6 heteroatoms. The van der Waals surface area contributed by atoms with Crippen molar-refractivity contribution in [2.24, 2.45) is 0 Å². The third-order valence-corrected chi connectivity index (χ3v) is 5.54. The summed E-state index contributed by atoms with van der Waals surface area (Å²) in [5.74, 6) is 0.597. The van der Waals surface area contributed by atoms with Crippen LogP contribution >= 0.6 is 11.3 Å². The average molecular weight is 397 g/mol. The summed E-state index contributed by atoms with van der Waals surface area (Å²) in [6.45, 7) is 6.88. The molecular formula is C22H23NO4S. The lowest BCUT2D eigenvalue weighted by atomic mass is 10.1. The Morgan fingerprint density at radius 1 is 1.04 bits per heavy atom. The van der Waals surface area contributed by atoms with E-state index in [2.05, 4.69) is 18.8 Å². The van der Waals surface area contributed by atoms with Gasteiger partial charge in [-0.2, -0.15) is 0 Å². The number of thiazole rings is 1. The van der Waals surface area contributed by atoms with E-state index in [4.69, 9.17) is 9.47 Å². The zero-order chi connectivity index (χ0) is 20.1. The van der Waals surface area contributed by atoms with Gasteiger partial charge in [0.15, 0.2) is 0 Å². The number of aromatic nitrogens is 1. The summed E-state index contributed by atoms with van der Waals surface area (Å²) in [6.07, 6.45) is 0.587. The maximum Gasteiger partial charge on any atom is 0.347 e. The van der Waals surface area contributed by atoms with Gasteiger partial charge in [-0.25, -0.2) is 9.78 Å². The number of ether oxygens (including phenoxy) is 2. The fraction of sp³-hybridized carbons (Fsp3) is 0.273. The van der Waals surface area contributed by atoms with Crippen molar-refractivity contribution in [3.8, 4) is 22.1 Å². The molecule has 3 aromatic rings. The smallest absolute Gasteiger partial charge is 0.347 e. The van der Waals surface area contributed by atoms with Gasteiger partial charge in [0.2, 0.25) is 0 Å². The molecule has 2 aromatic carbocycles. The minimum absolute atomic E-state index is 0.297. The molecule has 0 atom stereocenters. The number of carboxylic acids is 1. The molecule has 1 N–H and O–H groups in total. The predicted molar refractivity (Wildman–Crippen MR) is 111 cm³/mol. The minimum Gasteiger partial charge on any atom is -0.490 e. The van der Waals surface area contributed by atoms with Crippen LogP contribution in [0.25, 0.3) is 10.6 Å². The van der Waals surface area contributed by atoms with Gasteiger partial charge in [-0.15, -0.1) is 11.3 Å². The Labute approximate surface area is 168 Å². The summed E-state index contributed by atoms with van der Waals surface area (Å²) < 4.78 is 11.5. The van der Waals surface area contributed by atoms with Crippen molar-refractivity contribution in [2.45, 2.75) is 27.2 Å². The van der Waals surface area contributed by atoms with Gasteiger partial charge in [0.05, 0.1) is 5.69 Å². The van der Waals surface area contributed by atoms with E-state index in [1.54, 1.807) is 0 Å². The second kappa shape index (κ2) is 8.89.